The fourth-order valence-electron chi connectivity index (χ4n) is 2.26. The Balaban J connectivity index is 2.20. The predicted molar refractivity (Wildman–Crippen MR) is 64.4 cm³/mol. The molecule has 3 rings (SSSR count). The Hall–Kier alpha value is -1.24. The molecule has 0 spiro atoms. The van der Waals surface area contributed by atoms with Gasteiger partial charge in [-0.1, -0.05) is 26.0 Å². The monoisotopic (exact) mass is 199 g/mol. The summed E-state index contributed by atoms with van der Waals surface area (Å²) in [6.07, 6.45) is 2.75. The minimum atomic E-state index is 0.587. The molecule has 1 heterocycles. The van der Waals surface area contributed by atoms with E-state index in [9.17, 15) is 0 Å². The summed E-state index contributed by atoms with van der Waals surface area (Å²) in [7, 11) is 0. The van der Waals surface area contributed by atoms with Gasteiger partial charge in [0.25, 0.3) is 0 Å². The molecule has 1 aromatic heterocycles. The molecule has 0 radical (unpaired) electrons. The lowest BCUT2D eigenvalue weighted by Crippen LogP contribution is -1.84. The smallest absolute Gasteiger partial charge is 0.0459 e. The van der Waals surface area contributed by atoms with Crippen LogP contribution in [0.4, 0.5) is 0 Å². The average Bonchev–Trinajstić information content (AvgIpc) is 2.95. The maximum atomic E-state index is 3.52. The SMILES string of the molecule is CC(C)c1cc2c(C3CC3)cccc2[nH]1. The van der Waals surface area contributed by atoms with Crippen molar-refractivity contribution in [3.63, 3.8) is 0 Å². The summed E-state index contributed by atoms with van der Waals surface area (Å²) in [4.78, 5) is 3.52. The molecule has 1 nitrogen and oxygen atoms in total. The van der Waals surface area contributed by atoms with Crippen LogP contribution in [0.5, 0.6) is 0 Å². The second kappa shape index (κ2) is 3.13. The molecule has 1 aliphatic rings. The zero-order chi connectivity index (χ0) is 10.4. The van der Waals surface area contributed by atoms with Gasteiger partial charge in [0.05, 0.1) is 0 Å². The molecule has 1 aliphatic carbocycles. The van der Waals surface area contributed by atoms with Crippen LogP contribution in [0, 0.1) is 0 Å². The van der Waals surface area contributed by atoms with Crippen LogP contribution < -0.4 is 0 Å². The van der Waals surface area contributed by atoms with Crippen molar-refractivity contribution in [1.82, 2.24) is 4.98 Å². The highest BCUT2D eigenvalue weighted by molar-refractivity contribution is 5.85. The van der Waals surface area contributed by atoms with Crippen molar-refractivity contribution < 1.29 is 0 Å². The quantitative estimate of drug-likeness (QED) is 0.747. The summed E-state index contributed by atoms with van der Waals surface area (Å²) < 4.78 is 0. The Labute approximate surface area is 90.5 Å². The number of aromatic nitrogens is 1. The van der Waals surface area contributed by atoms with Crippen molar-refractivity contribution in [2.75, 3.05) is 0 Å². The first-order chi connectivity index (χ1) is 7.25. The van der Waals surface area contributed by atoms with E-state index in [0.717, 1.165) is 5.92 Å². The Morgan fingerprint density at radius 2 is 2.07 bits per heavy atom. The third-order valence-corrected chi connectivity index (χ3v) is 3.36. The Kier molecular flexibility index (Phi) is 1.88. The highest BCUT2D eigenvalue weighted by Crippen LogP contribution is 2.43. The van der Waals surface area contributed by atoms with Crippen LogP contribution in [0.2, 0.25) is 0 Å². The minimum Gasteiger partial charge on any atom is -0.358 e. The summed E-state index contributed by atoms with van der Waals surface area (Å²) in [6, 6.07) is 9.00. The van der Waals surface area contributed by atoms with E-state index in [1.807, 2.05) is 0 Å². The molecular formula is C14H17N. The Morgan fingerprint density at radius 3 is 2.73 bits per heavy atom. The molecule has 15 heavy (non-hydrogen) atoms. The van der Waals surface area contributed by atoms with Crippen LogP contribution in [0.3, 0.4) is 0 Å². The molecule has 0 bridgehead atoms. The zero-order valence-electron chi connectivity index (χ0n) is 9.38. The van der Waals surface area contributed by atoms with E-state index in [-0.39, 0.29) is 0 Å². The Bertz CT molecular complexity index is 489. The molecule has 1 fully saturated rings. The molecular weight excluding hydrogens is 182 g/mol. The summed E-state index contributed by atoms with van der Waals surface area (Å²) >= 11 is 0. The molecule has 0 amide bonds. The standard InChI is InChI=1S/C14H17N/c1-9(2)14-8-12-11(10-6-7-10)4-3-5-13(12)15-14/h3-5,8-10,15H,6-7H2,1-2H3. The average molecular weight is 199 g/mol. The lowest BCUT2D eigenvalue weighted by molar-refractivity contribution is 0.836. The van der Waals surface area contributed by atoms with Gasteiger partial charge in [-0.05, 0) is 42.4 Å². The number of aromatic amines is 1. The molecule has 1 N–H and O–H groups in total. The fourth-order valence-corrected chi connectivity index (χ4v) is 2.26. The van der Waals surface area contributed by atoms with E-state index in [1.165, 1.54) is 29.4 Å². The third-order valence-electron chi connectivity index (χ3n) is 3.36. The third kappa shape index (κ3) is 1.46. The van der Waals surface area contributed by atoms with Gasteiger partial charge in [-0.15, -0.1) is 0 Å². The van der Waals surface area contributed by atoms with E-state index >= 15 is 0 Å². The minimum absolute atomic E-state index is 0.587. The molecule has 1 aromatic carbocycles. The number of benzene rings is 1. The van der Waals surface area contributed by atoms with Crippen LogP contribution in [0.1, 0.15) is 49.8 Å². The molecule has 1 heteroatoms. The van der Waals surface area contributed by atoms with Crippen molar-refractivity contribution >= 4 is 10.9 Å². The first-order valence-electron chi connectivity index (χ1n) is 5.87. The van der Waals surface area contributed by atoms with Crippen molar-refractivity contribution in [2.24, 2.45) is 0 Å². The highest BCUT2D eigenvalue weighted by atomic mass is 14.7. The van der Waals surface area contributed by atoms with Crippen LogP contribution >= 0.6 is 0 Å². The lowest BCUT2D eigenvalue weighted by Gasteiger charge is -1.98. The number of hydrogen-bond donors (Lipinski definition) is 1. The lowest BCUT2D eigenvalue weighted by atomic mass is 10.0. The normalized spacial score (nSPS) is 16.5. The number of nitrogens with one attached hydrogen (secondary N) is 1. The highest BCUT2D eigenvalue weighted by Gasteiger charge is 2.25. The van der Waals surface area contributed by atoms with Crippen LogP contribution in [0.25, 0.3) is 10.9 Å². The summed E-state index contributed by atoms with van der Waals surface area (Å²) in [5.74, 6) is 1.42. The number of hydrogen-bond acceptors (Lipinski definition) is 0. The summed E-state index contributed by atoms with van der Waals surface area (Å²) in [5, 5.41) is 1.45. The first kappa shape index (κ1) is 9.02. The van der Waals surface area contributed by atoms with Crippen molar-refractivity contribution in [2.45, 2.75) is 38.5 Å². The van der Waals surface area contributed by atoms with Gasteiger partial charge in [-0.3, -0.25) is 0 Å². The maximum Gasteiger partial charge on any atom is 0.0459 e. The Morgan fingerprint density at radius 1 is 1.27 bits per heavy atom. The topological polar surface area (TPSA) is 15.8 Å². The predicted octanol–water partition coefficient (Wildman–Crippen LogP) is 4.17. The van der Waals surface area contributed by atoms with E-state index < -0.39 is 0 Å². The van der Waals surface area contributed by atoms with Crippen molar-refractivity contribution in [3.8, 4) is 0 Å². The molecule has 1 saturated carbocycles. The van der Waals surface area contributed by atoms with Gasteiger partial charge >= 0.3 is 0 Å². The zero-order valence-corrected chi connectivity index (χ0v) is 9.38. The van der Waals surface area contributed by atoms with Gasteiger partial charge in [-0.2, -0.15) is 0 Å². The molecule has 0 aliphatic heterocycles. The molecule has 78 valence electrons. The fraction of sp³-hybridized carbons (Fsp3) is 0.429. The van der Waals surface area contributed by atoms with Gasteiger partial charge in [0.2, 0.25) is 0 Å². The van der Waals surface area contributed by atoms with Crippen molar-refractivity contribution in [1.29, 1.82) is 0 Å². The van der Waals surface area contributed by atoms with Gasteiger partial charge in [-0.25, -0.2) is 0 Å². The number of H-pyrrole nitrogens is 1. The number of fused-ring (bicyclic) bond motifs is 1. The summed E-state index contributed by atoms with van der Waals surface area (Å²) in [5.41, 5.74) is 4.22. The molecule has 2 aromatic rings. The second-order valence-electron chi connectivity index (χ2n) is 4.96. The molecule has 0 unspecified atom stereocenters. The van der Waals surface area contributed by atoms with E-state index in [4.69, 9.17) is 0 Å². The second-order valence-corrected chi connectivity index (χ2v) is 4.96. The van der Waals surface area contributed by atoms with Crippen LogP contribution in [-0.4, -0.2) is 4.98 Å². The van der Waals surface area contributed by atoms with E-state index in [2.05, 4.69) is 43.1 Å². The largest absolute Gasteiger partial charge is 0.358 e. The van der Waals surface area contributed by atoms with E-state index in [0.29, 0.717) is 5.92 Å². The molecule has 0 saturated heterocycles. The van der Waals surface area contributed by atoms with Crippen LogP contribution in [-0.2, 0) is 0 Å². The maximum absolute atomic E-state index is 3.52. The molecule has 0 atom stereocenters. The van der Waals surface area contributed by atoms with Gasteiger partial charge in [0, 0.05) is 16.6 Å². The van der Waals surface area contributed by atoms with Crippen LogP contribution in [0.15, 0.2) is 24.3 Å². The van der Waals surface area contributed by atoms with Gasteiger partial charge in [0.15, 0.2) is 0 Å². The van der Waals surface area contributed by atoms with Gasteiger partial charge < -0.3 is 4.98 Å². The van der Waals surface area contributed by atoms with Crippen molar-refractivity contribution in [3.05, 3.63) is 35.5 Å². The first-order valence-corrected chi connectivity index (χ1v) is 5.87. The van der Waals surface area contributed by atoms with E-state index in [1.54, 1.807) is 5.56 Å². The van der Waals surface area contributed by atoms with Gasteiger partial charge in [0.1, 0.15) is 0 Å². The number of rotatable bonds is 2. The summed E-state index contributed by atoms with van der Waals surface area (Å²) in [6.45, 7) is 4.48.